The van der Waals surface area contributed by atoms with Crippen molar-refractivity contribution in [2.75, 3.05) is 6.26 Å². The van der Waals surface area contributed by atoms with E-state index in [1.54, 1.807) is 12.1 Å². The van der Waals surface area contributed by atoms with Gasteiger partial charge in [0.25, 0.3) is 5.69 Å². The zero-order valence-corrected chi connectivity index (χ0v) is 10.1. The van der Waals surface area contributed by atoms with Crippen LogP contribution in [0.1, 0.15) is 0 Å². The van der Waals surface area contributed by atoms with E-state index in [2.05, 4.69) is 10.2 Å². The van der Waals surface area contributed by atoms with E-state index < -0.39 is 4.92 Å². The molecular weight excluding hydrogens is 240 g/mol. The molecule has 0 N–H and O–H groups in total. The Bertz CT molecular complexity index is 550. The summed E-state index contributed by atoms with van der Waals surface area (Å²) < 4.78 is 1.85. The number of nitro groups is 1. The standard InChI is InChI=1S/C10H10N4O2S/c1-13-9(11-12-10(13)17-2)7-3-5-8(6-4-7)14(15)16/h3-6H,1-2H3. The molecule has 0 fully saturated rings. The number of hydrogen-bond acceptors (Lipinski definition) is 5. The Labute approximate surface area is 102 Å². The fraction of sp³-hybridized carbons (Fsp3) is 0.200. The van der Waals surface area contributed by atoms with Gasteiger partial charge in [-0.1, -0.05) is 11.8 Å². The maximum atomic E-state index is 10.5. The van der Waals surface area contributed by atoms with E-state index >= 15 is 0 Å². The van der Waals surface area contributed by atoms with Crippen molar-refractivity contribution in [2.24, 2.45) is 7.05 Å². The second kappa shape index (κ2) is 4.54. The molecule has 0 radical (unpaired) electrons. The average molecular weight is 250 g/mol. The van der Waals surface area contributed by atoms with Gasteiger partial charge in [0.15, 0.2) is 11.0 Å². The molecule has 0 aliphatic carbocycles. The van der Waals surface area contributed by atoms with Crippen molar-refractivity contribution in [3.63, 3.8) is 0 Å². The van der Waals surface area contributed by atoms with Gasteiger partial charge >= 0.3 is 0 Å². The number of aromatic nitrogens is 3. The predicted molar refractivity (Wildman–Crippen MR) is 64.9 cm³/mol. The molecule has 0 spiro atoms. The first-order chi connectivity index (χ1) is 8.13. The summed E-state index contributed by atoms with van der Waals surface area (Å²) in [5, 5.41) is 19.4. The van der Waals surface area contributed by atoms with Gasteiger partial charge in [0, 0.05) is 24.7 Å². The molecule has 0 atom stereocenters. The van der Waals surface area contributed by atoms with Gasteiger partial charge in [0.1, 0.15) is 0 Å². The summed E-state index contributed by atoms with van der Waals surface area (Å²) in [5.41, 5.74) is 0.881. The van der Waals surface area contributed by atoms with Crippen molar-refractivity contribution in [1.82, 2.24) is 14.8 Å². The van der Waals surface area contributed by atoms with E-state index in [0.717, 1.165) is 10.7 Å². The molecule has 0 saturated heterocycles. The molecule has 0 bridgehead atoms. The van der Waals surface area contributed by atoms with E-state index in [0.29, 0.717) is 5.82 Å². The lowest BCUT2D eigenvalue weighted by Crippen LogP contribution is -1.94. The maximum Gasteiger partial charge on any atom is 0.269 e. The number of benzene rings is 1. The lowest BCUT2D eigenvalue weighted by molar-refractivity contribution is -0.384. The highest BCUT2D eigenvalue weighted by atomic mass is 32.2. The summed E-state index contributed by atoms with van der Waals surface area (Å²) in [5.74, 6) is 0.698. The molecule has 1 aromatic carbocycles. The van der Waals surface area contributed by atoms with Crippen LogP contribution in [0.15, 0.2) is 29.4 Å². The van der Waals surface area contributed by atoms with Crippen LogP contribution in [0.25, 0.3) is 11.4 Å². The van der Waals surface area contributed by atoms with Crippen LogP contribution in [0, 0.1) is 10.1 Å². The number of nitrogens with zero attached hydrogens (tertiary/aromatic N) is 4. The van der Waals surface area contributed by atoms with Crippen LogP contribution >= 0.6 is 11.8 Å². The van der Waals surface area contributed by atoms with Crippen molar-refractivity contribution in [3.8, 4) is 11.4 Å². The van der Waals surface area contributed by atoms with Crippen molar-refractivity contribution in [2.45, 2.75) is 5.16 Å². The molecule has 0 unspecified atom stereocenters. The van der Waals surface area contributed by atoms with E-state index in [-0.39, 0.29) is 5.69 Å². The van der Waals surface area contributed by atoms with Gasteiger partial charge in [-0.3, -0.25) is 10.1 Å². The first kappa shape index (κ1) is 11.6. The summed E-state index contributed by atoms with van der Waals surface area (Å²) in [6, 6.07) is 6.27. The fourth-order valence-electron chi connectivity index (χ4n) is 1.48. The minimum absolute atomic E-state index is 0.0704. The van der Waals surface area contributed by atoms with Crippen molar-refractivity contribution < 1.29 is 4.92 Å². The van der Waals surface area contributed by atoms with Gasteiger partial charge in [-0.2, -0.15) is 0 Å². The van der Waals surface area contributed by atoms with E-state index in [9.17, 15) is 10.1 Å². The number of hydrogen-bond donors (Lipinski definition) is 0. The Hall–Kier alpha value is -1.89. The normalized spacial score (nSPS) is 10.5. The quantitative estimate of drug-likeness (QED) is 0.474. The van der Waals surface area contributed by atoms with Crippen LogP contribution in [0.2, 0.25) is 0 Å². The molecule has 6 nitrogen and oxygen atoms in total. The summed E-state index contributed by atoms with van der Waals surface area (Å²) in [4.78, 5) is 10.1. The number of rotatable bonds is 3. The Balaban J connectivity index is 2.39. The number of thioether (sulfide) groups is 1. The highest BCUT2D eigenvalue weighted by Crippen LogP contribution is 2.23. The van der Waals surface area contributed by atoms with Gasteiger partial charge in [0.2, 0.25) is 0 Å². The smallest absolute Gasteiger partial charge is 0.269 e. The summed E-state index contributed by atoms with van der Waals surface area (Å²) >= 11 is 1.50. The van der Waals surface area contributed by atoms with Gasteiger partial charge < -0.3 is 4.57 Å². The summed E-state index contributed by atoms with van der Waals surface area (Å²) in [7, 11) is 1.86. The monoisotopic (exact) mass is 250 g/mol. The van der Waals surface area contributed by atoms with E-state index in [1.807, 2.05) is 17.9 Å². The molecule has 0 amide bonds. The third kappa shape index (κ3) is 2.14. The molecule has 2 rings (SSSR count). The highest BCUT2D eigenvalue weighted by molar-refractivity contribution is 7.98. The Morgan fingerprint density at radius 2 is 1.94 bits per heavy atom. The SMILES string of the molecule is CSc1nnc(-c2ccc([N+](=O)[O-])cc2)n1C. The molecular formula is C10H10N4O2S. The fourth-order valence-corrected chi connectivity index (χ4v) is 1.96. The zero-order chi connectivity index (χ0) is 12.4. The molecule has 1 heterocycles. The molecule has 0 aliphatic heterocycles. The lowest BCUT2D eigenvalue weighted by atomic mass is 10.2. The second-order valence-corrected chi connectivity index (χ2v) is 4.15. The number of non-ortho nitro benzene ring substituents is 1. The van der Waals surface area contributed by atoms with Crippen molar-refractivity contribution >= 4 is 17.4 Å². The Kier molecular flexibility index (Phi) is 3.10. The minimum Gasteiger partial charge on any atom is -0.305 e. The van der Waals surface area contributed by atoms with Crippen LogP contribution in [-0.4, -0.2) is 25.9 Å². The van der Waals surface area contributed by atoms with Crippen LogP contribution < -0.4 is 0 Å². The highest BCUT2D eigenvalue weighted by Gasteiger charge is 2.11. The lowest BCUT2D eigenvalue weighted by Gasteiger charge is -2.01. The molecule has 0 saturated carbocycles. The van der Waals surface area contributed by atoms with E-state index in [4.69, 9.17) is 0 Å². The second-order valence-electron chi connectivity index (χ2n) is 3.37. The van der Waals surface area contributed by atoms with Crippen LogP contribution in [0.5, 0.6) is 0 Å². The van der Waals surface area contributed by atoms with Gasteiger partial charge in [-0.05, 0) is 18.4 Å². The van der Waals surface area contributed by atoms with Crippen LogP contribution in [0.4, 0.5) is 5.69 Å². The summed E-state index contributed by atoms with van der Waals surface area (Å²) in [6.45, 7) is 0. The zero-order valence-electron chi connectivity index (χ0n) is 9.32. The number of nitro benzene ring substituents is 1. The third-order valence-corrected chi connectivity index (χ3v) is 3.07. The predicted octanol–water partition coefficient (Wildman–Crippen LogP) is 2.11. The molecule has 88 valence electrons. The summed E-state index contributed by atoms with van der Waals surface area (Å²) in [6.07, 6.45) is 1.92. The topological polar surface area (TPSA) is 73.8 Å². The van der Waals surface area contributed by atoms with Crippen LogP contribution in [0.3, 0.4) is 0 Å². The van der Waals surface area contributed by atoms with Gasteiger partial charge in [0.05, 0.1) is 4.92 Å². The average Bonchev–Trinajstić information content (AvgIpc) is 2.70. The maximum absolute atomic E-state index is 10.5. The third-order valence-electron chi connectivity index (χ3n) is 2.35. The van der Waals surface area contributed by atoms with Gasteiger partial charge in [-0.15, -0.1) is 10.2 Å². The molecule has 1 aromatic heterocycles. The first-order valence-electron chi connectivity index (χ1n) is 4.81. The van der Waals surface area contributed by atoms with Gasteiger partial charge in [-0.25, -0.2) is 0 Å². The Morgan fingerprint density at radius 1 is 1.29 bits per heavy atom. The molecule has 0 aliphatic rings. The molecule has 7 heteroatoms. The van der Waals surface area contributed by atoms with Crippen LogP contribution in [-0.2, 0) is 7.05 Å². The van der Waals surface area contributed by atoms with Crippen molar-refractivity contribution in [1.29, 1.82) is 0 Å². The Morgan fingerprint density at radius 3 is 2.41 bits per heavy atom. The molecule has 2 aromatic rings. The van der Waals surface area contributed by atoms with Crippen molar-refractivity contribution in [3.05, 3.63) is 34.4 Å². The minimum atomic E-state index is -0.423. The first-order valence-corrected chi connectivity index (χ1v) is 6.04. The largest absolute Gasteiger partial charge is 0.305 e. The van der Waals surface area contributed by atoms with E-state index in [1.165, 1.54) is 23.9 Å². The molecule has 17 heavy (non-hydrogen) atoms.